The van der Waals surface area contributed by atoms with Gasteiger partial charge in [-0.1, -0.05) is 44.7 Å². The zero-order valence-electron chi connectivity index (χ0n) is 12.1. The monoisotopic (exact) mass is 274 g/mol. The van der Waals surface area contributed by atoms with Gasteiger partial charge in [0, 0.05) is 18.2 Å². The first-order valence-corrected chi connectivity index (χ1v) is 7.08. The van der Waals surface area contributed by atoms with Gasteiger partial charge >= 0.3 is 0 Å². The summed E-state index contributed by atoms with van der Waals surface area (Å²) in [6.45, 7) is 4.19. The van der Waals surface area contributed by atoms with E-state index in [9.17, 15) is 10.1 Å². The van der Waals surface area contributed by atoms with E-state index in [0.717, 1.165) is 31.2 Å². The summed E-state index contributed by atoms with van der Waals surface area (Å²) in [5.74, 6) is 2.75. The fourth-order valence-electron chi connectivity index (χ4n) is 2.24. The number of non-ortho nitro benzene ring substituents is 1. The van der Waals surface area contributed by atoms with Gasteiger partial charge in [0.25, 0.3) is 5.69 Å². The average molecular weight is 274 g/mol. The summed E-state index contributed by atoms with van der Waals surface area (Å²) in [6, 6.07) is 6.86. The van der Waals surface area contributed by atoms with Gasteiger partial charge in [0.15, 0.2) is 0 Å². The molecule has 1 aromatic carbocycles. The number of nitrogens with one attached hydrogen (secondary N) is 1. The molecule has 2 unspecified atom stereocenters. The summed E-state index contributed by atoms with van der Waals surface area (Å²) in [5, 5.41) is 14.3. The standard InChI is InChI=1S/C16H22N2O2/c1-4-8-14(6-3)17-16(9-5-2)13-10-7-11-15(12-13)18(19)20/h3,7,10-12,14,16-17H,4-5,8-9H2,1-2H3. The smallest absolute Gasteiger partial charge is 0.269 e. The van der Waals surface area contributed by atoms with Crippen LogP contribution in [0, 0.1) is 22.5 Å². The zero-order chi connectivity index (χ0) is 15.0. The molecule has 0 aromatic heterocycles. The first-order valence-electron chi connectivity index (χ1n) is 7.08. The number of terminal acetylenes is 1. The molecule has 4 nitrogen and oxygen atoms in total. The van der Waals surface area contributed by atoms with Crippen LogP contribution in [0.15, 0.2) is 24.3 Å². The highest BCUT2D eigenvalue weighted by molar-refractivity contribution is 5.36. The quantitative estimate of drug-likeness (QED) is 0.445. The van der Waals surface area contributed by atoms with Crippen molar-refractivity contribution in [2.45, 2.75) is 51.6 Å². The lowest BCUT2D eigenvalue weighted by molar-refractivity contribution is -0.384. The predicted octanol–water partition coefficient (Wildman–Crippen LogP) is 3.83. The second kappa shape index (κ2) is 8.34. The number of nitro benzene ring substituents is 1. The van der Waals surface area contributed by atoms with E-state index in [1.165, 1.54) is 6.07 Å². The number of hydrogen-bond acceptors (Lipinski definition) is 3. The molecule has 0 aliphatic rings. The van der Waals surface area contributed by atoms with Crippen molar-refractivity contribution in [3.63, 3.8) is 0 Å². The molecule has 4 heteroatoms. The summed E-state index contributed by atoms with van der Waals surface area (Å²) in [4.78, 5) is 10.5. The molecule has 1 rings (SSSR count). The number of rotatable bonds is 8. The first-order chi connectivity index (χ1) is 9.62. The SMILES string of the molecule is C#CC(CCC)NC(CCC)c1cccc([N+](=O)[O-])c1. The highest BCUT2D eigenvalue weighted by Gasteiger charge is 2.17. The van der Waals surface area contributed by atoms with Crippen LogP contribution in [0.25, 0.3) is 0 Å². The molecule has 1 aromatic rings. The Bertz CT molecular complexity index is 480. The molecule has 0 saturated heterocycles. The fourth-order valence-corrected chi connectivity index (χ4v) is 2.24. The van der Waals surface area contributed by atoms with E-state index in [0.29, 0.717) is 0 Å². The fraction of sp³-hybridized carbons (Fsp3) is 0.500. The number of benzene rings is 1. The Morgan fingerprint density at radius 3 is 2.60 bits per heavy atom. The van der Waals surface area contributed by atoms with E-state index in [4.69, 9.17) is 6.42 Å². The van der Waals surface area contributed by atoms with Crippen molar-refractivity contribution in [1.29, 1.82) is 0 Å². The number of nitrogens with zero attached hydrogens (tertiary/aromatic N) is 1. The molecule has 0 amide bonds. The molecule has 0 fully saturated rings. The van der Waals surface area contributed by atoms with Gasteiger partial charge in [-0.2, -0.15) is 0 Å². The Morgan fingerprint density at radius 1 is 1.35 bits per heavy atom. The maximum Gasteiger partial charge on any atom is 0.269 e. The third-order valence-electron chi connectivity index (χ3n) is 3.24. The van der Waals surface area contributed by atoms with Crippen molar-refractivity contribution in [3.05, 3.63) is 39.9 Å². The maximum absolute atomic E-state index is 10.9. The summed E-state index contributed by atoms with van der Waals surface area (Å²) in [7, 11) is 0. The molecular weight excluding hydrogens is 252 g/mol. The van der Waals surface area contributed by atoms with Gasteiger partial charge in [0.1, 0.15) is 0 Å². The number of nitro groups is 1. The minimum Gasteiger partial charge on any atom is -0.297 e. The van der Waals surface area contributed by atoms with Crippen LogP contribution < -0.4 is 5.32 Å². The molecule has 0 aliphatic heterocycles. The lowest BCUT2D eigenvalue weighted by Gasteiger charge is -2.22. The Kier molecular flexibility index (Phi) is 6.75. The summed E-state index contributed by atoms with van der Waals surface area (Å²) < 4.78 is 0. The molecule has 0 bridgehead atoms. The Morgan fingerprint density at radius 2 is 2.05 bits per heavy atom. The molecule has 1 N–H and O–H groups in total. The Hall–Kier alpha value is -1.86. The summed E-state index contributed by atoms with van der Waals surface area (Å²) in [6.07, 6.45) is 9.35. The second-order valence-corrected chi connectivity index (χ2v) is 4.87. The van der Waals surface area contributed by atoms with Crippen molar-refractivity contribution >= 4 is 5.69 Å². The minimum absolute atomic E-state index is 0.0100. The van der Waals surface area contributed by atoms with Crippen molar-refractivity contribution in [2.75, 3.05) is 0 Å². The van der Waals surface area contributed by atoms with Gasteiger partial charge in [-0.25, -0.2) is 0 Å². The highest BCUT2D eigenvalue weighted by Crippen LogP contribution is 2.23. The van der Waals surface area contributed by atoms with Crippen LogP contribution in [0.3, 0.4) is 0 Å². The average Bonchev–Trinajstić information content (AvgIpc) is 2.46. The van der Waals surface area contributed by atoms with Crippen LogP contribution in [0.4, 0.5) is 5.69 Å². The minimum atomic E-state index is -0.364. The maximum atomic E-state index is 10.9. The van der Waals surface area contributed by atoms with Gasteiger partial charge in [-0.3, -0.25) is 15.4 Å². The van der Waals surface area contributed by atoms with E-state index in [1.54, 1.807) is 12.1 Å². The van der Waals surface area contributed by atoms with Gasteiger partial charge < -0.3 is 0 Å². The lowest BCUT2D eigenvalue weighted by atomic mass is 10.00. The van der Waals surface area contributed by atoms with Crippen molar-refractivity contribution in [1.82, 2.24) is 5.32 Å². The molecule has 0 spiro atoms. The second-order valence-electron chi connectivity index (χ2n) is 4.87. The molecule has 2 atom stereocenters. The van der Waals surface area contributed by atoms with Crippen LogP contribution in [0.5, 0.6) is 0 Å². The van der Waals surface area contributed by atoms with E-state index in [1.807, 2.05) is 6.07 Å². The van der Waals surface area contributed by atoms with Crippen LogP contribution in [0.1, 0.15) is 51.1 Å². The first kappa shape index (κ1) is 16.2. The summed E-state index contributed by atoms with van der Waals surface area (Å²) >= 11 is 0. The van der Waals surface area contributed by atoms with Gasteiger partial charge in [0.2, 0.25) is 0 Å². The molecule has 0 heterocycles. The van der Waals surface area contributed by atoms with Crippen molar-refractivity contribution in [3.8, 4) is 12.3 Å². The molecule has 0 saturated carbocycles. The predicted molar refractivity (Wildman–Crippen MR) is 81.4 cm³/mol. The Balaban J connectivity index is 2.92. The van der Waals surface area contributed by atoms with Gasteiger partial charge in [0.05, 0.1) is 11.0 Å². The lowest BCUT2D eigenvalue weighted by Crippen LogP contribution is -2.31. The van der Waals surface area contributed by atoms with Gasteiger partial charge in [-0.15, -0.1) is 6.42 Å². The van der Waals surface area contributed by atoms with Crippen LogP contribution in [-0.2, 0) is 0 Å². The van der Waals surface area contributed by atoms with E-state index in [-0.39, 0.29) is 22.7 Å². The van der Waals surface area contributed by atoms with E-state index in [2.05, 4.69) is 25.1 Å². The molecule has 108 valence electrons. The molecular formula is C16H22N2O2. The van der Waals surface area contributed by atoms with E-state index >= 15 is 0 Å². The van der Waals surface area contributed by atoms with Crippen molar-refractivity contribution < 1.29 is 4.92 Å². The van der Waals surface area contributed by atoms with Crippen molar-refractivity contribution in [2.24, 2.45) is 0 Å². The Labute approximate surface area is 120 Å². The molecule has 20 heavy (non-hydrogen) atoms. The third kappa shape index (κ3) is 4.67. The van der Waals surface area contributed by atoms with Crippen LogP contribution >= 0.6 is 0 Å². The molecule has 0 aliphatic carbocycles. The van der Waals surface area contributed by atoms with Gasteiger partial charge in [-0.05, 0) is 18.4 Å². The largest absolute Gasteiger partial charge is 0.297 e. The normalized spacial score (nSPS) is 13.4. The summed E-state index contributed by atoms with van der Waals surface area (Å²) in [5.41, 5.74) is 1.05. The molecule has 0 radical (unpaired) electrons. The topological polar surface area (TPSA) is 55.2 Å². The van der Waals surface area contributed by atoms with E-state index < -0.39 is 0 Å². The van der Waals surface area contributed by atoms with Crippen LogP contribution in [0.2, 0.25) is 0 Å². The van der Waals surface area contributed by atoms with Crippen LogP contribution in [-0.4, -0.2) is 11.0 Å². The zero-order valence-corrected chi connectivity index (χ0v) is 12.1. The highest BCUT2D eigenvalue weighted by atomic mass is 16.6. The third-order valence-corrected chi connectivity index (χ3v) is 3.24. The number of hydrogen-bond donors (Lipinski definition) is 1.